The van der Waals surface area contributed by atoms with Crippen molar-refractivity contribution in [3.8, 4) is 11.4 Å². The van der Waals surface area contributed by atoms with Crippen molar-refractivity contribution in [1.82, 2.24) is 20.2 Å². The normalized spacial score (nSPS) is 20.3. The first kappa shape index (κ1) is 18.3. The van der Waals surface area contributed by atoms with E-state index in [0.29, 0.717) is 6.04 Å². The molecule has 0 bridgehead atoms. The van der Waals surface area contributed by atoms with Gasteiger partial charge in [-0.05, 0) is 32.4 Å². The van der Waals surface area contributed by atoms with Crippen molar-refractivity contribution in [2.24, 2.45) is 0 Å². The fourth-order valence-corrected chi connectivity index (χ4v) is 4.10. The van der Waals surface area contributed by atoms with Crippen LogP contribution in [0.15, 0.2) is 30.3 Å². The first-order valence-electron chi connectivity index (χ1n) is 10.1. The van der Waals surface area contributed by atoms with Crippen molar-refractivity contribution in [2.45, 2.75) is 38.3 Å². The molecule has 4 rings (SSSR count). The number of hydrogen-bond acceptors (Lipinski definition) is 6. The third kappa shape index (κ3) is 4.29. The summed E-state index contributed by atoms with van der Waals surface area (Å²) in [5.74, 6) is 1.75. The summed E-state index contributed by atoms with van der Waals surface area (Å²) in [6, 6.07) is 10.5. The molecule has 1 atom stereocenters. The highest BCUT2D eigenvalue weighted by Gasteiger charge is 2.22. The predicted molar refractivity (Wildman–Crippen MR) is 108 cm³/mol. The van der Waals surface area contributed by atoms with E-state index in [1.165, 1.54) is 18.4 Å². The van der Waals surface area contributed by atoms with E-state index in [9.17, 15) is 5.11 Å². The molecule has 0 amide bonds. The molecular weight excluding hydrogens is 338 g/mol. The van der Waals surface area contributed by atoms with E-state index < -0.39 is 0 Å². The number of piperidine rings is 1. The van der Waals surface area contributed by atoms with Crippen molar-refractivity contribution < 1.29 is 5.11 Å². The molecule has 0 aliphatic carbocycles. The van der Waals surface area contributed by atoms with Gasteiger partial charge >= 0.3 is 0 Å². The maximum atomic E-state index is 9.61. The van der Waals surface area contributed by atoms with E-state index in [-0.39, 0.29) is 6.61 Å². The van der Waals surface area contributed by atoms with Gasteiger partial charge in [-0.2, -0.15) is 0 Å². The molecule has 6 heteroatoms. The molecular formula is C21H29N5O. The molecule has 1 unspecified atom stereocenters. The van der Waals surface area contributed by atoms with E-state index in [4.69, 9.17) is 9.97 Å². The Morgan fingerprint density at radius 1 is 1.19 bits per heavy atom. The third-order valence-electron chi connectivity index (χ3n) is 5.62. The van der Waals surface area contributed by atoms with Gasteiger partial charge in [-0.15, -0.1) is 0 Å². The van der Waals surface area contributed by atoms with Crippen molar-refractivity contribution in [3.63, 3.8) is 0 Å². The number of aliphatic hydroxyl groups excluding tert-OH is 1. The van der Waals surface area contributed by atoms with Gasteiger partial charge in [0.2, 0.25) is 0 Å². The molecule has 1 saturated heterocycles. The zero-order valence-electron chi connectivity index (χ0n) is 15.8. The summed E-state index contributed by atoms with van der Waals surface area (Å²) in [6.07, 6.45) is 4.50. The fourth-order valence-electron chi connectivity index (χ4n) is 4.10. The zero-order valence-corrected chi connectivity index (χ0v) is 15.8. The highest BCUT2D eigenvalue weighted by atomic mass is 16.3. The van der Waals surface area contributed by atoms with Crippen LogP contribution in [0.5, 0.6) is 0 Å². The van der Waals surface area contributed by atoms with Crippen LogP contribution in [0.1, 0.15) is 30.5 Å². The summed E-state index contributed by atoms with van der Waals surface area (Å²) >= 11 is 0. The second kappa shape index (κ2) is 8.78. The minimum absolute atomic E-state index is 0.257. The molecule has 0 saturated carbocycles. The number of nitrogens with zero attached hydrogens (tertiary/aromatic N) is 3. The number of rotatable bonds is 6. The van der Waals surface area contributed by atoms with Gasteiger partial charge in [0.15, 0.2) is 5.82 Å². The summed E-state index contributed by atoms with van der Waals surface area (Å²) in [4.78, 5) is 12.1. The second-order valence-corrected chi connectivity index (χ2v) is 7.41. The molecule has 27 heavy (non-hydrogen) atoms. The van der Waals surface area contributed by atoms with E-state index in [2.05, 4.69) is 27.7 Å². The zero-order chi connectivity index (χ0) is 18.5. The van der Waals surface area contributed by atoms with Crippen molar-refractivity contribution in [3.05, 3.63) is 41.6 Å². The number of aliphatic hydroxyl groups is 1. The lowest BCUT2D eigenvalue weighted by molar-refractivity contribution is 0.0940. The Morgan fingerprint density at radius 3 is 2.93 bits per heavy atom. The van der Waals surface area contributed by atoms with Crippen molar-refractivity contribution in [1.29, 1.82) is 0 Å². The molecule has 6 nitrogen and oxygen atoms in total. The number of benzene rings is 1. The van der Waals surface area contributed by atoms with Crippen LogP contribution in [-0.2, 0) is 13.0 Å². The summed E-state index contributed by atoms with van der Waals surface area (Å²) in [7, 11) is 0. The molecule has 1 fully saturated rings. The first-order chi connectivity index (χ1) is 13.3. The molecule has 144 valence electrons. The number of nitrogens with one attached hydrogen (secondary N) is 2. The Hall–Kier alpha value is -2.02. The van der Waals surface area contributed by atoms with Crippen LogP contribution in [0, 0.1) is 0 Å². The molecule has 2 aliphatic rings. The quantitative estimate of drug-likeness (QED) is 0.726. The number of likely N-dealkylation sites (tertiary alicyclic amines) is 1. The highest BCUT2D eigenvalue weighted by molar-refractivity contribution is 5.60. The van der Waals surface area contributed by atoms with Gasteiger partial charge in [0.1, 0.15) is 5.82 Å². The topological polar surface area (TPSA) is 73.3 Å². The summed E-state index contributed by atoms with van der Waals surface area (Å²) in [5.41, 5.74) is 3.39. The van der Waals surface area contributed by atoms with Crippen LogP contribution < -0.4 is 10.6 Å². The summed E-state index contributed by atoms with van der Waals surface area (Å²) in [6.45, 7) is 4.87. The number of anilines is 1. The van der Waals surface area contributed by atoms with Crippen molar-refractivity contribution >= 4 is 5.82 Å². The van der Waals surface area contributed by atoms with Gasteiger partial charge in [-0.25, -0.2) is 9.97 Å². The Balaban J connectivity index is 1.51. The SMILES string of the molecule is OCC1CCCCN1CCNc1nc(-c2ccccc2)nc2c1CCNC2. The van der Waals surface area contributed by atoms with Gasteiger partial charge in [-0.1, -0.05) is 36.8 Å². The smallest absolute Gasteiger partial charge is 0.161 e. The minimum Gasteiger partial charge on any atom is -0.395 e. The maximum Gasteiger partial charge on any atom is 0.161 e. The Morgan fingerprint density at radius 2 is 2.07 bits per heavy atom. The number of hydrogen-bond donors (Lipinski definition) is 3. The lowest BCUT2D eigenvalue weighted by Crippen LogP contribution is -2.44. The average molecular weight is 367 g/mol. The van der Waals surface area contributed by atoms with E-state index in [1.807, 2.05) is 18.2 Å². The summed E-state index contributed by atoms with van der Waals surface area (Å²) in [5, 5.41) is 16.6. The predicted octanol–water partition coefficient (Wildman–Crippen LogP) is 2.05. The van der Waals surface area contributed by atoms with Crippen LogP contribution in [0.2, 0.25) is 0 Å². The molecule has 3 heterocycles. The molecule has 3 N–H and O–H groups in total. The van der Waals surface area contributed by atoms with Crippen LogP contribution >= 0.6 is 0 Å². The molecule has 0 radical (unpaired) electrons. The highest BCUT2D eigenvalue weighted by Crippen LogP contribution is 2.25. The number of aromatic nitrogens is 2. The largest absolute Gasteiger partial charge is 0.395 e. The Kier molecular flexibility index (Phi) is 5.97. The van der Waals surface area contributed by atoms with Crippen molar-refractivity contribution in [2.75, 3.05) is 38.1 Å². The minimum atomic E-state index is 0.257. The second-order valence-electron chi connectivity index (χ2n) is 7.41. The Labute approximate surface area is 161 Å². The van der Waals surface area contributed by atoms with Gasteiger partial charge in [0, 0.05) is 36.8 Å². The van der Waals surface area contributed by atoms with Crippen LogP contribution in [0.4, 0.5) is 5.82 Å². The van der Waals surface area contributed by atoms with Gasteiger partial charge in [0.25, 0.3) is 0 Å². The van der Waals surface area contributed by atoms with E-state index >= 15 is 0 Å². The Bertz CT molecular complexity index is 752. The fraction of sp³-hybridized carbons (Fsp3) is 0.524. The number of fused-ring (bicyclic) bond motifs is 1. The molecule has 2 aromatic rings. The van der Waals surface area contributed by atoms with Gasteiger partial charge in [-0.3, -0.25) is 4.90 Å². The van der Waals surface area contributed by atoms with Crippen LogP contribution in [-0.4, -0.2) is 58.8 Å². The van der Waals surface area contributed by atoms with Gasteiger partial charge < -0.3 is 15.7 Å². The lowest BCUT2D eigenvalue weighted by atomic mass is 10.0. The third-order valence-corrected chi connectivity index (χ3v) is 5.62. The summed E-state index contributed by atoms with van der Waals surface area (Å²) < 4.78 is 0. The maximum absolute atomic E-state index is 9.61. The molecule has 2 aliphatic heterocycles. The average Bonchev–Trinajstić information content (AvgIpc) is 2.74. The van der Waals surface area contributed by atoms with E-state index in [1.54, 1.807) is 0 Å². The van der Waals surface area contributed by atoms with Gasteiger partial charge in [0.05, 0.1) is 12.3 Å². The molecule has 1 aromatic carbocycles. The monoisotopic (exact) mass is 367 g/mol. The lowest BCUT2D eigenvalue weighted by Gasteiger charge is -2.34. The molecule has 0 spiro atoms. The van der Waals surface area contributed by atoms with Crippen LogP contribution in [0.25, 0.3) is 11.4 Å². The first-order valence-corrected chi connectivity index (χ1v) is 10.1. The van der Waals surface area contributed by atoms with E-state index in [0.717, 1.165) is 68.5 Å². The van der Waals surface area contributed by atoms with Crippen LogP contribution in [0.3, 0.4) is 0 Å². The standard InChI is InChI=1S/C21H29N5O/c27-15-17-8-4-5-12-26(17)13-11-23-21-18-9-10-22-14-19(18)24-20(25-21)16-6-2-1-3-7-16/h1-3,6-7,17,22,27H,4-5,8-15H2,(H,23,24,25). The molecule has 1 aromatic heterocycles.